The van der Waals surface area contributed by atoms with Crippen LogP contribution in [0.4, 0.5) is 0 Å². The molecule has 0 amide bonds. The van der Waals surface area contributed by atoms with Crippen LogP contribution >= 0.6 is 0 Å². The highest BCUT2D eigenvalue weighted by Crippen LogP contribution is 2.38. The molecule has 0 bridgehead atoms. The maximum atomic E-state index is 11.8. The molecule has 1 aliphatic heterocycles. The van der Waals surface area contributed by atoms with Crippen molar-refractivity contribution in [1.82, 2.24) is 5.32 Å². The number of benzene rings is 1. The second-order valence-corrected chi connectivity index (χ2v) is 5.15. The molecule has 0 saturated carbocycles. The number of nitrogens with one attached hydrogen (secondary N) is 1. The van der Waals surface area contributed by atoms with E-state index < -0.39 is 41.8 Å². The minimum absolute atomic E-state index is 0.552. The Morgan fingerprint density at radius 1 is 1.00 bits per heavy atom. The molecule has 8 heteroatoms. The van der Waals surface area contributed by atoms with Crippen molar-refractivity contribution >= 4 is 17.9 Å². The molecule has 1 heterocycles. The van der Waals surface area contributed by atoms with Crippen LogP contribution in [0.2, 0.25) is 0 Å². The van der Waals surface area contributed by atoms with Gasteiger partial charge in [0.25, 0.3) is 0 Å². The zero-order chi connectivity index (χ0) is 17.1. The lowest BCUT2D eigenvalue weighted by atomic mass is 9.84. The predicted molar refractivity (Wildman–Crippen MR) is 76.9 cm³/mol. The SMILES string of the molecule is COC(=O)C1NC(c2ccc(OC)cc2)C(C(=O)O)C1C(=O)O. The average molecular weight is 323 g/mol. The fourth-order valence-corrected chi connectivity index (χ4v) is 2.86. The third kappa shape index (κ3) is 3.11. The van der Waals surface area contributed by atoms with Gasteiger partial charge in [0.1, 0.15) is 11.8 Å². The molecule has 2 rings (SSSR count). The summed E-state index contributed by atoms with van der Waals surface area (Å²) >= 11 is 0. The number of rotatable bonds is 5. The van der Waals surface area contributed by atoms with Crippen molar-refractivity contribution in [3.8, 4) is 5.75 Å². The number of methoxy groups -OCH3 is 2. The van der Waals surface area contributed by atoms with Crippen molar-refractivity contribution in [2.75, 3.05) is 14.2 Å². The van der Waals surface area contributed by atoms with Crippen LogP contribution in [0.5, 0.6) is 5.75 Å². The number of aliphatic carboxylic acids is 2. The maximum absolute atomic E-state index is 11.8. The Morgan fingerprint density at radius 3 is 2.00 bits per heavy atom. The van der Waals surface area contributed by atoms with Crippen molar-refractivity contribution in [3.05, 3.63) is 29.8 Å². The van der Waals surface area contributed by atoms with Crippen LogP contribution in [0.15, 0.2) is 24.3 Å². The Balaban J connectivity index is 2.42. The number of carbonyl (C=O) groups is 3. The van der Waals surface area contributed by atoms with Crippen LogP contribution < -0.4 is 10.1 Å². The Kier molecular flexibility index (Phi) is 4.85. The molecule has 0 radical (unpaired) electrons. The van der Waals surface area contributed by atoms with E-state index in [9.17, 15) is 24.6 Å². The molecule has 23 heavy (non-hydrogen) atoms. The van der Waals surface area contributed by atoms with Gasteiger partial charge in [-0.1, -0.05) is 12.1 Å². The normalized spacial score (nSPS) is 26.5. The molecule has 3 N–H and O–H groups in total. The van der Waals surface area contributed by atoms with Crippen LogP contribution in [-0.2, 0) is 19.1 Å². The van der Waals surface area contributed by atoms with Gasteiger partial charge >= 0.3 is 17.9 Å². The molecular weight excluding hydrogens is 306 g/mol. The summed E-state index contributed by atoms with van der Waals surface area (Å²) in [6.45, 7) is 0. The molecule has 1 aliphatic rings. The number of ether oxygens (including phenoxy) is 2. The number of esters is 1. The van der Waals surface area contributed by atoms with Gasteiger partial charge in [0.15, 0.2) is 0 Å². The number of hydrogen-bond acceptors (Lipinski definition) is 6. The summed E-state index contributed by atoms with van der Waals surface area (Å²) in [5.74, 6) is -5.61. The second kappa shape index (κ2) is 6.66. The lowest BCUT2D eigenvalue weighted by Crippen LogP contribution is -2.41. The quantitative estimate of drug-likeness (QED) is 0.661. The average Bonchev–Trinajstić information content (AvgIpc) is 2.95. The Hall–Kier alpha value is -2.61. The summed E-state index contributed by atoms with van der Waals surface area (Å²) in [4.78, 5) is 34.9. The van der Waals surface area contributed by atoms with Gasteiger partial charge in [-0.15, -0.1) is 0 Å². The first-order chi connectivity index (χ1) is 10.9. The highest BCUT2D eigenvalue weighted by Gasteiger charge is 2.54. The van der Waals surface area contributed by atoms with Crippen molar-refractivity contribution in [3.63, 3.8) is 0 Å². The van der Waals surface area contributed by atoms with Gasteiger partial charge in [0.05, 0.1) is 26.1 Å². The monoisotopic (exact) mass is 323 g/mol. The second-order valence-electron chi connectivity index (χ2n) is 5.15. The Labute approximate surface area is 132 Å². The fraction of sp³-hybridized carbons (Fsp3) is 0.400. The molecule has 1 aromatic carbocycles. The molecular formula is C15H17NO7. The fourth-order valence-electron chi connectivity index (χ4n) is 2.86. The topological polar surface area (TPSA) is 122 Å². The highest BCUT2D eigenvalue weighted by atomic mass is 16.5. The molecule has 1 aromatic rings. The minimum atomic E-state index is -1.42. The first kappa shape index (κ1) is 16.8. The lowest BCUT2D eigenvalue weighted by Gasteiger charge is -2.18. The van der Waals surface area contributed by atoms with E-state index in [0.29, 0.717) is 11.3 Å². The number of carboxylic acid groups (broad SMARTS) is 2. The summed E-state index contributed by atoms with van der Waals surface area (Å²) in [6.07, 6.45) is 0. The van der Waals surface area contributed by atoms with Crippen molar-refractivity contribution in [1.29, 1.82) is 0 Å². The number of hydrogen-bond donors (Lipinski definition) is 3. The molecule has 0 aromatic heterocycles. The summed E-state index contributed by atoms with van der Waals surface area (Å²) in [5, 5.41) is 21.6. The zero-order valence-electron chi connectivity index (χ0n) is 12.6. The van der Waals surface area contributed by atoms with Gasteiger partial charge in [0, 0.05) is 6.04 Å². The molecule has 124 valence electrons. The minimum Gasteiger partial charge on any atom is -0.497 e. The van der Waals surface area contributed by atoms with E-state index in [4.69, 9.17) is 4.74 Å². The van der Waals surface area contributed by atoms with Crippen LogP contribution in [0.3, 0.4) is 0 Å². The third-order valence-electron chi connectivity index (χ3n) is 3.96. The third-order valence-corrected chi connectivity index (χ3v) is 3.96. The smallest absolute Gasteiger partial charge is 0.323 e. The van der Waals surface area contributed by atoms with E-state index >= 15 is 0 Å². The molecule has 8 nitrogen and oxygen atoms in total. The standard InChI is InChI=1S/C15H17NO7/c1-22-8-5-3-7(4-6-8)11-9(13(17)18)10(14(19)20)12(16-11)15(21)23-2/h3-6,9-12,16H,1-2H3,(H,17,18)(H,19,20). The summed E-state index contributed by atoms with van der Waals surface area (Å²) in [7, 11) is 2.62. The highest BCUT2D eigenvalue weighted by molar-refractivity contribution is 5.89. The van der Waals surface area contributed by atoms with E-state index in [2.05, 4.69) is 10.1 Å². The van der Waals surface area contributed by atoms with Crippen LogP contribution in [-0.4, -0.2) is 48.4 Å². The molecule has 1 saturated heterocycles. The van der Waals surface area contributed by atoms with Gasteiger partial charge in [-0.2, -0.15) is 0 Å². The lowest BCUT2D eigenvalue weighted by molar-refractivity contribution is -0.156. The van der Waals surface area contributed by atoms with E-state index in [1.807, 2.05) is 0 Å². The predicted octanol–water partition coefficient (Wildman–Crippen LogP) is 0.283. The molecule has 1 fully saturated rings. The van der Waals surface area contributed by atoms with Crippen LogP contribution in [0, 0.1) is 11.8 Å². The number of carbonyl (C=O) groups excluding carboxylic acids is 1. The van der Waals surface area contributed by atoms with Crippen LogP contribution in [0.25, 0.3) is 0 Å². The summed E-state index contributed by atoms with van der Waals surface area (Å²) < 4.78 is 9.62. The Bertz CT molecular complexity index is 613. The summed E-state index contributed by atoms with van der Waals surface area (Å²) in [6, 6.07) is 4.47. The van der Waals surface area contributed by atoms with Gasteiger partial charge in [0.2, 0.25) is 0 Å². The van der Waals surface area contributed by atoms with Crippen molar-refractivity contribution < 1.29 is 34.1 Å². The van der Waals surface area contributed by atoms with Gasteiger partial charge in [-0.3, -0.25) is 19.7 Å². The van der Waals surface area contributed by atoms with E-state index in [1.54, 1.807) is 24.3 Å². The molecule has 4 unspecified atom stereocenters. The summed E-state index contributed by atoms with van der Waals surface area (Å²) in [5.41, 5.74) is 0.552. The first-order valence-electron chi connectivity index (χ1n) is 6.84. The van der Waals surface area contributed by atoms with E-state index in [1.165, 1.54) is 7.11 Å². The molecule has 4 atom stereocenters. The van der Waals surface area contributed by atoms with Gasteiger partial charge in [-0.25, -0.2) is 0 Å². The number of carboxylic acids is 2. The van der Waals surface area contributed by atoms with Gasteiger partial charge in [-0.05, 0) is 17.7 Å². The van der Waals surface area contributed by atoms with E-state index in [-0.39, 0.29) is 0 Å². The largest absolute Gasteiger partial charge is 0.497 e. The van der Waals surface area contributed by atoms with Crippen molar-refractivity contribution in [2.45, 2.75) is 12.1 Å². The van der Waals surface area contributed by atoms with Gasteiger partial charge < -0.3 is 19.7 Å². The van der Waals surface area contributed by atoms with Crippen LogP contribution in [0.1, 0.15) is 11.6 Å². The first-order valence-corrected chi connectivity index (χ1v) is 6.84. The van der Waals surface area contributed by atoms with Crippen molar-refractivity contribution in [2.24, 2.45) is 11.8 Å². The molecule has 0 spiro atoms. The maximum Gasteiger partial charge on any atom is 0.323 e. The molecule has 0 aliphatic carbocycles. The van der Waals surface area contributed by atoms with E-state index in [0.717, 1.165) is 7.11 Å². The zero-order valence-corrected chi connectivity index (χ0v) is 12.6. The Morgan fingerprint density at radius 2 is 1.57 bits per heavy atom.